The van der Waals surface area contributed by atoms with Gasteiger partial charge in [-0.1, -0.05) is 43.7 Å². The Hall–Kier alpha value is -2.14. The molecule has 0 aliphatic rings. The lowest BCUT2D eigenvalue weighted by molar-refractivity contribution is 0.0688. The smallest absolute Gasteiger partial charge is 0.354 e. The fraction of sp³-hybridized carbons (Fsp3) is 0.294. The summed E-state index contributed by atoms with van der Waals surface area (Å²) in [6.45, 7) is 6.07. The van der Waals surface area contributed by atoms with Gasteiger partial charge in [-0.2, -0.15) is 0 Å². The van der Waals surface area contributed by atoms with E-state index in [1.54, 1.807) is 11.3 Å². The van der Waals surface area contributed by atoms with Crippen LogP contribution in [0.15, 0.2) is 24.3 Å². The molecule has 0 bridgehead atoms. The number of aryl methyl sites for hydroxylation is 3. The van der Waals surface area contributed by atoms with E-state index in [4.69, 9.17) is 0 Å². The summed E-state index contributed by atoms with van der Waals surface area (Å²) in [5, 5.41) is 9.62. The summed E-state index contributed by atoms with van der Waals surface area (Å²) in [4.78, 5) is 18.2. The molecular weight excluding hydrogens is 296 g/mol. The van der Waals surface area contributed by atoms with E-state index < -0.39 is 5.97 Å². The molecule has 114 valence electrons. The van der Waals surface area contributed by atoms with Crippen molar-refractivity contribution >= 4 is 22.3 Å². The Labute approximate surface area is 133 Å². The number of hydrogen-bond acceptors (Lipinski definition) is 3. The van der Waals surface area contributed by atoms with Crippen LogP contribution < -0.4 is 0 Å². The van der Waals surface area contributed by atoms with Gasteiger partial charge in [0.15, 0.2) is 10.7 Å². The molecule has 0 aliphatic heterocycles. The molecule has 2 aromatic heterocycles. The average molecular weight is 314 g/mol. The van der Waals surface area contributed by atoms with Crippen LogP contribution in [0.25, 0.3) is 16.2 Å². The number of benzene rings is 1. The fourth-order valence-electron chi connectivity index (χ4n) is 2.71. The van der Waals surface area contributed by atoms with Crippen molar-refractivity contribution < 1.29 is 9.90 Å². The maximum absolute atomic E-state index is 11.7. The summed E-state index contributed by atoms with van der Waals surface area (Å²) < 4.78 is 1.81. The molecule has 0 unspecified atom stereocenters. The summed E-state index contributed by atoms with van der Waals surface area (Å²) in [5.74, 6) is -0.918. The molecule has 3 rings (SSSR count). The minimum absolute atomic E-state index is 0.295. The molecule has 0 aliphatic carbocycles. The zero-order valence-corrected chi connectivity index (χ0v) is 13.7. The van der Waals surface area contributed by atoms with Crippen molar-refractivity contribution in [2.24, 2.45) is 0 Å². The molecule has 3 aromatic rings. The largest absolute Gasteiger partial charge is 0.477 e. The Bertz CT molecular complexity index is 844. The van der Waals surface area contributed by atoms with E-state index >= 15 is 0 Å². The number of carboxylic acids is 1. The van der Waals surface area contributed by atoms with E-state index in [2.05, 4.69) is 24.0 Å². The second kappa shape index (κ2) is 5.57. The highest BCUT2D eigenvalue weighted by atomic mass is 32.1. The SMILES string of the molecule is CCc1nc2sc(CC)c(-c3ccc(C)cc3)n2c1C(=O)O. The van der Waals surface area contributed by atoms with Crippen molar-refractivity contribution in [3.05, 3.63) is 46.1 Å². The third kappa shape index (κ3) is 2.22. The van der Waals surface area contributed by atoms with Crippen LogP contribution in [0.2, 0.25) is 0 Å². The molecule has 22 heavy (non-hydrogen) atoms. The van der Waals surface area contributed by atoms with Gasteiger partial charge in [0.2, 0.25) is 0 Å². The molecule has 2 heterocycles. The molecule has 0 amide bonds. The Morgan fingerprint density at radius 1 is 1.23 bits per heavy atom. The molecule has 1 N–H and O–H groups in total. The fourth-order valence-corrected chi connectivity index (χ4v) is 3.81. The van der Waals surface area contributed by atoms with E-state index in [0.717, 1.165) is 27.5 Å². The zero-order chi connectivity index (χ0) is 15.9. The molecule has 5 heteroatoms. The van der Waals surface area contributed by atoms with Crippen molar-refractivity contribution in [2.75, 3.05) is 0 Å². The zero-order valence-electron chi connectivity index (χ0n) is 12.9. The third-order valence-electron chi connectivity index (χ3n) is 3.80. The Kier molecular flexibility index (Phi) is 3.74. The average Bonchev–Trinajstić information content (AvgIpc) is 3.02. The minimum atomic E-state index is -0.918. The second-order valence-electron chi connectivity index (χ2n) is 5.28. The molecule has 0 fully saturated rings. The van der Waals surface area contributed by atoms with Crippen molar-refractivity contribution in [2.45, 2.75) is 33.6 Å². The number of aromatic nitrogens is 2. The summed E-state index contributed by atoms with van der Waals surface area (Å²) in [6, 6.07) is 8.20. The second-order valence-corrected chi connectivity index (χ2v) is 6.34. The maximum atomic E-state index is 11.7. The molecular formula is C17H18N2O2S. The summed E-state index contributed by atoms with van der Waals surface area (Å²) >= 11 is 1.58. The monoisotopic (exact) mass is 314 g/mol. The number of hydrogen-bond donors (Lipinski definition) is 1. The quantitative estimate of drug-likeness (QED) is 0.785. The normalized spacial score (nSPS) is 11.2. The third-order valence-corrected chi connectivity index (χ3v) is 4.99. The lowest BCUT2D eigenvalue weighted by Crippen LogP contribution is -2.06. The summed E-state index contributed by atoms with van der Waals surface area (Å²) in [7, 11) is 0. The number of nitrogens with zero attached hydrogens (tertiary/aromatic N) is 2. The van der Waals surface area contributed by atoms with Crippen LogP contribution in [-0.4, -0.2) is 20.5 Å². The van der Waals surface area contributed by atoms with E-state index in [9.17, 15) is 9.90 Å². The van der Waals surface area contributed by atoms with Crippen LogP contribution in [-0.2, 0) is 12.8 Å². The van der Waals surface area contributed by atoms with Crippen LogP contribution in [0, 0.1) is 6.92 Å². The maximum Gasteiger partial charge on any atom is 0.354 e. The summed E-state index contributed by atoms with van der Waals surface area (Å²) in [5.41, 5.74) is 4.13. The number of carboxylic acid groups (broad SMARTS) is 1. The van der Waals surface area contributed by atoms with Gasteiger partial charge in [0.05, 0.1) is 11.4 Å². The van der Waals surface area contributed by atoms with Crippen LogP contribution in [0.5, 0.6) is 0 Å². The van der Waals surface area contributed by atoms with Gasteiger partial charge in [-0.3, -0.25) is 4.40 Å². The number of fused-ring (bicyclic) bond motifs is 1. The van der Waals surface area contributed by atoms with E-state index in [0.29, 0.717) is 17.8 Å². The standard InChI is InChI=1S/C17H18N2O2S/c1-4-12-15(16(20)21)19-14(11-8-6-10(3)7-9-11)13(5-2)22-17(19)18-12/h6-9H,4-5H2,1-3H3,(H,20,21). The lowest BCUT2D eigenvalue weighted by Gasteiger charge is -2.06. The first-order valence-electron chi connectivity index (χ1n) is 7.40. The van der Waals surface area contributed by atoms with Gasteiger partial charge >= 0.3 is 5.97 Å². The topological polar surface area (TPSA) is 54.6 Å². The highest BCUT2D eigenvalue weighted by Crippen LogP contribution is 2.34. The van der Waals surface area contributed by atoms with Crippen LogP contribution in [0.1, 0.15) is 40.5 Å². The van der Waals surface area contributed by atoms with Crippen molar-refractivity contribution in [3.8, 4) is 11.3 Å². The molecule has 0 atom stereocenters. The predicted molar refractivity (Wildman–Crippen MR) is 89.0 cm³/mol. The van der Waals surface area contributed by atoms with Gasteiger partial charge in [0, 0.05) is 4.88 Å². The number of carbonyl (C=O) groups is 1. The molecule has 0 radical (unpaired) electrons. The number of aromatic carboxylic acids is 1. The molecule has 0 saturated carbocycles. The number of thiazole rings is 1. The predicted octanol–water partition coefficient (Wildman–Crippen LogP) is 4.19. The highest BCUT2D eigenvalue weighted by molar-refractivity contribution is 7.17. The van der Waals surface area contributed by atoms with Gasteiger partial charge in [-0.25, -0.2) is 9.78 Å². The van der Waals surface area contributed by atoms with Gasteiger partial charge < -0.3 is 5.11 Å². The Morgan fingerprint density at radius 2 is 1.91 bits per heavy atom. The van der Waals surface area contributed by atoms with Crippen molar-refractivity contribution in [1.29, 1.82) is 0 Å². The van der Waals surface area contributed by atoms with Crippen LogP contribution >= 0.6 is 11.3 Å². The van der Waals surface area contributed by atoms with Crippen molar-refractivity contribution in [1.82, 2.24) is 9.38 Å². The van der Waals surface area contributed by atoms with Gasteiger partial charge in [0.1, 0.15) is 0 Å². The molecule has 0 spiro atoms. The van der Waals surface area contributed by atoms with Gasteiger partial charge in [-0.15, -0.1) is 11.3 Å². The molecule has 1 aromatic carbocycles. The summed E-state index contributed by atoms with van der Waals surface area (Å²) in [6.07, 6.45) is 1.47. The first kappa shape index (κ1) is 14.8. The van der Waals surface area contributed by atoms with E-state index in [-0.39, 0.29) is 0 Å². The van der Waals surface area contributed by atoms with Crippen molar-refractivity contribution in [3.63, 3.8) is 0 Å². The lowest BCUT2D eigenvalue weighted by atomic mass is 10.1. The first-order chi connectivity index (χ1) is 10.6. The Balaban J connectivity index is 2.37. The number of imidazole rings is 1. The van der Waals surface area contributed by atoms with E-state index in [1.807, 2.05) is 30.4 Å². The van der Waals surface area contributed by atoms with Gasteiger partial charge in [0.25, 0.3) is 0 Å². The highest BCUT2D eigenvalue weighted by Gasteiger charge is 2.24. The van der Waals surface area contributed by atoms with Crippen LogP contribution in [0.4, 0.5) is 0 Å². The minimum Gasteiger partial charge on any atom is -0.477 e. The van der Waals surface area contributed by atoms with Crippen LogP contribution in [0.3, 0.4) is 0 Å². The number of rotatable bonds is 4. The molecule has 4 nitrogen and oxygen atoms in total. The van der Waals surface area contributed by atoms with E-state index in [1.165, 1.54) is 5.56 Å². The first-order valence-corrected chi connectivity index (χ1v) is 8.21. The molecule has 0 saturated heterocycles. The Morgan fingerprint density at radius 3 is 2.45 bits per heavy atom. The van der Waals surface area contributed by atoms with Gasteiger partial charge in [-0.05, 0) is 25.3 Å².